The third-order valence-electron chi connectivity index (χ3n) is 5.79. The molecule has 0 N–H and O–H groups in total. The fourth-order valence-corrected chi connectivity index (χ4v) is 5.50. The number of hydrogen-bond donors (Lipinski definition) is 0. The van der Waals surface area contributed by atoms with Crippen LogP contribution in [0.3, 0.4) is 0 Å². The highest BCUT2D eigenvalue weighted by molar-refractivity contribution is 7.91. The van der Waals surface area contributed by atoms with Crippen molar-refractivity contribution in [3.05, 3.63) is 88.9 Å². The number of rotatable bonds is 6. The Balaban J connectivity index is 1.60. The van der Waals surface area contributed by atoms with E-state index in [4.69, 9.17) is 20.8 Å². The van der Waals surface area contributed by atoms with Gasteiger partial charge >= 0.3 is 0 Å². The number of aromatic nitrogens is 1. The summed E-state index contributed by atoms with van der Waals surface area (Å²) in [5.74, 6) is 1.21. The van der Waals surface area contributed by atoms with Gasteiger partial charge in [-0.2, -0.15) is 4.98 Å². The molecule has 6 nitrogen and oxygen atoms in total. The zero-order chi connectivity index (χ0) is 23.7. The van der Waals surface area contributed by atoms with Crippen molar-refractivity contribution in [2.75, 3.05) is 18.1 Å². The lowest BCUT2D eigenvalue weighted by molar-refractivity contribution is 0.340. The fraction of sp³-hybridized carbons (Fsp3) is 0.192. The van der Waals surface area contributed by atoms with Crippen molar-refractivity contribution in [2.24, 2.45) is 0 Å². The molecule has 0 bridgehead atoms. The molecule has 3 aromatic carbocycles. The summed E-state index contributed by atoms with van der Waals surface area (Å²) in [6, 6.07) is 21.5. The minimum atomic E-state index is -3.95. The summed E-state index contributed by atoms with van der Waals surface area (Å²) in [4.78, 5) is 6.54. The number of oxazole rings is 1. The molecule has 0 unspecified atom stereocenters. The van der Waals surface area contributed by atoms with Gasteiger partial charge in [-0.1, -0.05) is 35.9 Å². The van der Waals surface area contributed by atoms with Crippen LogP contribution in [0, 0.1) is 0 Å². The van der Waals surface area contributed by atoms with Gasteiger partial charge in [0.25, 0.3) is 0 Å². The predicted molar refractivity (Wildman–Crippen MR) is 131 cm³/mol. The van der Waals surface area contributed by atoms with Crippen LogP contribution in [0.4, 0.5) is 5.88 Å². The molecule has 0 aliphatic carbocycles. The third kappa shape index (κ3) is 4.29. The van der Waals surface area contributed by atoms with Crippen molar-refractivity contribution < 1.29 is 17.6 Å². The number of halogens is 1. The largest absolute Gasteiger partial charge is 0.494 e. The molecule has 1 aliphatic heterocycles. The van der Waals surface area contributed by atoms with Crippen LogP contribution < -0.4 is 9.64 Å². The Morgan fingerprint density at radius 1 is 1.00 bits per heavy atom. The van der Waals surface area contributed by atoms with Crippen molar-refractivity contribution in [1.82, 2.24) is 4.98 Å². The van der Waals surface area contributed by atoms with E-state index in [-0.39, 0.29) is 21.7 Å². The normalized spacial score (nSPS) is 13.5. The quantitative estimate of drug-likeness (QED) is 0.338. The van der Waals surface area contributed by atoms with Crippen molar-refractivity contribution in [1.29, 1.82) is 0 Å². The summed E-state index contributed by atoms with van der Waals surface area (Å²) < 4.78 is 38.9. The Morgan fingerprint density at radius 2 is 1.71 bits per heavy atom. The summed E-state index contributed by atoms with van der Waals surface area (Å²) in [5.41, 5.74) is 3.06. The molecule has 2 heterocycles. The zero-order valence-corrected chi connectivity index (χ0v) is 20.1. The number of fused-ring (bicyclic) bond motifs is 1. The third-order valence-corrected chi connectivity index (χ3v) is 7.71. The second-order valence-electron chi connectivity index (χ2n) is 7.98. The molecule has 0 fully saturated rings. The number of benzene rings is 3. The second-order valence-corrected chi connectivity index (χ2v) is 10.3. The highest BCUT2D eigenvalue weighted by atomic mass is 35.5. The first kappa shape index (κ1) is 22.5. The van der Waals surface area contributed by atoms with E-state index in [0.29, 0.717) is 30.3 Å². The van der Waals surface area contributed by atoms with Gasteiger partial charge in [0.05, 0.1) is 11.5 Å². The molecule has 5 rings (SSSR count). The summed E-state index contributed by atoms with van der Waals surface area (Å²) in [6.07, 6.45) is 0.787. The molecule has 34 heavy (non-hydrogen) atoms. The average Bonchev–Trinajstić information content (AvgIpc) is 3.31. The van der Waals surface area contributed by atoms with E-state index >= 15 is 0 Å². The van der Waals surface area contributed by atoms with E-state index in [9.17, 15) is 8.42 Å². The zero-order valence-electron chi connectivity index (χ0n) is 18.6. The molecule has 0 atom stereocenters. The van der Waals surface area contributed by atoms with Crippen molar-refractivity contribution in [3.63, 3.8) is 0 Å². The van der Waals surface area contributed by atoms with Crippen molar-refractivity contribution in [3.8, 4) is 17.2 Å². The van der Waals surface area contributed by atoms with E-state index in [0.717, 1.165) is 17.7 Å². The topological polar surface area (TPSA) is 72.6 Å². The van der Waals surface area contributed by atoms with Gasteiger partial charge in [0.1, 0.15) is 5.75 Å². The van der Waals surface area contributed by atoms with Crippen LogP contribution in [-0.2, 0) is 22.8 Å². The van der Waals surface area contributed by atoms with Crippen LogP contribution in [0.1, 0.15) is 18.1 Å². The minimum Gasteiger partial charge on any atom is -0.494 e. The maximum absolute atomic E-state index is 13.6. The average molecular weight is 495 g/mol. The van der Waals surface area contributed by atoms with Gasteiger partial charge in [0.15, 0.2) is 0 Å². The van der Waals surface area contributed by atoms with Crippen LogP contribution in [0.25, 0.3) is 11.5 Å². The lowest BCUT2D eigenvalue weighted by Crippen LogP contribution is -2.31. The molecule has 4 aromatic rings. The van der Waals surface area contributed by atoms with Gasteiger partial charge in [-0.25, -0.2) is 8.42 Å². The van der Waals surface area contributed by atoms with Crippen LogP contribution in [0.2, 0.25) is 5.02 Å². The molecular formula is C26H23ClN2O4S. The number of anilines is 1. The van der Waals surface area contributed by atoms with Crippen molar-refractivity contribution in [2.45, 2.75) is 29.8 Å². The molecule has 0 saturated carbocycles. The predicted octanol–water partition coefficient (Wildman–Crippen LogP) is 5.79. The summed E-state index contributed by atoms with van der Waals surface area (Å²) in [5, 5.41) is 0.361. The lowest BCUT2D eigenvalue weighted by atomic mass is 10.0. The van der Waals surface area contributed by atoms with Gasteiger partial charge in [0.2, 0.25) is 26.6 Å². The van der Waals surface area contributed by atoms with E-state index in [2.05, 4.69) is 17.1 Å². The Hall–Kier alpha value is -3.29. The molecule has 0 radical (unpaired) electrons. The van der Waals surface area contributed by atoms with E-state index in [1.165, 1.54) is 17.7 Å². The van der Waals surface area contributed by atoms with Gasteiger partial charge in [0, 0.05) is 23.7 Å². The molecule has 0 spiro atoms. The van der Waals surface area contributed by atoms with E-state index < -0.39 is 9.84 Å². The first-order valence-corrected chi connectivity index (χ1v) is 12.9. The van der Waals surface area contributed by atoms with Gasteiger partial charge in [-0.3, -0.25) is 0 Å². The minimum absolute atomic E-state index is 0.0990. The maximum Gasteiger partial charge on any atom is 0.236 e. The molecular weight excluding hydrogens is 472 g/mol. The van der Waals surface area contributed by atoms with Gasteiger partial charge in [-0.05, 0) is 73.0 Å². The monoisotopic (exact) mass is 494 g/mol. The molecule has 1 aromatic heterocycles. The summed E-state index contributed by atoms with van der Waals surface area (Å²) in [7, 11) is -3.95. The molecule has 8 heteroatoms. The Bertz CT molecular complexity index is 1410. The Labute approximate surface area is 203 Å². The SMILES string of the molecule is CCOc1ccc(-c2nc(S(=O)(=O)c3ccc(Cl)cc3)c(N3CCc4ccccc4C3)o2)cc1. The number of sulfone groups is 1. The van der Waals surface area contributed by atoms with Crippen LogP contribution in [-0.4, -0.2) is 26.6 Å². The van der Waals surface area contributed by atoms with Crippen LogP contribution in [0.5, 0.6) is 5.75 Å². The molecule has 1 aliphatic rings. The van der Waals surface area contributed by atoms with Crippen molar-refractivity contribution >= 4 is 27.3 Å². The molecule has 174 valence electrons. The lowest BCUT2D eigenvalue weighted by Gasteiger charge is -2.28. The second kappa shape index (κ2) is 9.16. The highest BCUT2D eigenvalue weighted by Gasteiger charge is 2.32. The standard InChI is InChI=1S/C26H23ClN2O4S/c1-2-32-22-11-7-19(8-12-22)24-28-25(34(30,31)23-13-9-21(27)10-14-23)26(33-24)29-16-15-18-5-3-4-6-20(18)17-29/h3-14H,2,15-17H2,1H3. The number of nitrogens with zero attached hydrogens (tertiary/aromatic N) is 2. The van der Waals surface area contributed by atoms with Crippen LogP contribution in [0.15, 0.2) is 87.1 Å². The summed E-state index contributed by atoms with van der Waals surface area (Å²) in [6.45, 7) is 3.64. The smallest absolute Gasteiger partial charge is 0.236 e. The Morgan fingerprint density at radius 3 is 2.41 bits per heavy atom. The van der Waals surface area contributed by atoms with E-state index in [1.807, 2.05) is 48.2 Å². The fourth-order valence-electron chi connectivity index (χ4n) is 4.05. The first-order chi connectivity index (χ1) is 16.5. The van der Waals surface area contributed by atoms with Crippen LogP contribution >= 0.6 is 11.6 Å². The molecule has 0 amide bonds. The molecule has 0 saturated heterocycles. The van der Waals surface area contributed by atoms with E-state index in [1.54, 1.807) is 12.1 Å². The number of hydrogen-bond acceptors (Lipinski definition) is 6. The van der Waals surface area contributed by atoms with Gasteiger partial charge in [-0.15, -0.1) is 0 Å². The maximum atomic E-state index is 13.6. The summed E-state index contributed by atoms with van der Waals surface area (Å²) >= 11 is 5.98. The highest BCUT2D eigenvalue weighted by Crippen LogP contribution is 2.37. The van der Waals surface area contributed by atoms with Gasteiger partial charge < -0.3 is 14.1 Å². The number of ether oxygens (including phenoxy) is 1. The Kier molecular flexibility index (Phi) is 6.06. The first-order valence-electron chi connectivity index (χ1n) is 11.0.